The van der Waals surface area contributed by atoms with E-state index in [2.05, 4.69) is 30.3 Å². The van der Waals surface area contributed by atoms with Gasteiger partial charge in [-0.25, -0.2) is 0 Å². The summed E-state index contributed by atoms with van der Waals surface area (Å²) in [4.78, 5) is 0. The molecular formula is C25H27O4. The summed E-state index contributed by atoms with van der Waals surface area (Å²) in [5.41, 5.74) is 4.59. The van der Waals surface area contributed by atoms with Gasteiger partial charge in [-0.3, -0.25) is 0 Å². The fourth-order valence-corrected chi connectivity index (χ4v) is 3.61. The van der Waals surface area contributed by atoms with Crippen LogP contribution in [0, 0.1) is 6.07 Å². The molecule has 0 bridgehead atoms. The number of rotatable bonds is 9. The van der Waals surface area contributed by atoms with E-state index in [1.165, 1.54) is 5.56 Å². The number of aryl methyl sites for hydroxylation is 2. The smallest absolute Gasteiger partial charge is 0.172 e. The van der Waals surface area contributed by atoms with Crippen LogP contribution in [0.1, 0.15) is 23.1 Å². The molecule has 0 unspecified atom stereocenters. The third-order valence-corrected chi connectivity index (χ3v) is 5.00. The summed E-state index contributed by atoms with van der Waals surface area (Å²) in [6.07, 6.45) is 2.71. The summed E-state index contributed by atoms with van der Waals surface area (Å²) >= 11 is 0. The summed E-state index contributed by atoms with van der Waals surface area (Å²) in [6, 6.07) is 21.4. The van der Waals surface area contributed by atoms with Gasteiger partial charge in [-0.15, -0.1) is 0 Å². The first-order valence-electron chi connectivity index (χ1n) is 9.70. The van der Waals surface area contributed by atoms with E-state index in [9.17, 15) is 5.11 Å². The largest absolute Gasteiger partial charge is 0.495 e. The molecule has 4 heteroatoms. The zero-order valence-electron chi connectivity index (χ0n) is 17.2. The van der Waals surface area contributed by atoms with Crippen molar-refractivity contribution in [2.24, 2.45) is 0 Å². The molecule has 1 N–H and O–H groups in total. The van der Waals surface area contributed by atoms with Crippen molar-refractivity contribution in [3.05, 3.63) is 77.4 Å². The molecule has 0 aromatic heterocycles. The minimum Gasteiger partial charge on any atom is -0.495 e. The molecule has 0 aliphatic rings. The molecular weight excluding hydrogens is 364 g/mol. The lowest BCUT2D eigenvalue weighted by Gasteiger charge is -2.21. The Morgan fingerprint density at radius 1 is 0.793 bits per heavy atom. The minimum absolute atomic E-state index is 0.0797. The van der Waals surface area contributed by atoms with Crippen LogP contribution in [0.3, 0.4) is 0 Å². The maximum absolute atomic E-state index is 9.79. The second-order valence-corrected chi connectivity index (χ2v) is 6.73. The van der Waals surface area contributed by atoms with Gasteiger partial charge < -0.3 is 19.3 Å². The number of hydrogen-bond acceptors (Lipinski definition) is 4. The van der Waals surface area contributed by atoms with Crippen LogP contribution in [0.25, 0.3) is 11.1 Å². The molecule has 0 saturated heterocycles. The first kappa shape index (κ1) is 20.7. The molecule has 3 aromatic carbocycles. The van der Waals surface area contributed by atoms with Gasteiger partial charge in [0.2, 0.25) is 0 Å². The van der Waals surface area contributed by atoms with Crippen LogP contribution in [0.2, 0.25) is 0 Å². The van der Waals surface area contributed by atoms with Gasteiger partial charge in [0.05, 0.1) is 33.5 Å². The minimum atomic E-state index is -0.0797. The van der Waals surface area contributed by atoms with Crippen molar-refractivity contribution in [1.82, 2.24) is 0 Å². The Balaban J connectivity index is 2.01. The molecule has 151 valence electrons. The highest BCUT2D eigenvalue weighted by Crippen LogP contribution is 2.47. The normalized spacial score (nSPS) is 10.6. The Hall–Kier alpha value is -2.98. The average molecular weight is 391 g/mol. The number of hydrogen-bond donors (Lipinski definition) is 1. The lowest BCUT2D eigenvalue weighted by Crippen LogP contribution is -2.03. The van der Waals surface area contributed by atoms with Crippen LogP contribution < -0.4 is 14.2 Å². The SMILES string of the molecule is COc1[c]c(CCCc2ccccc2)c(OC)c(OC)c1-c1ccccc1CO. The van der Waals surface area contributed by atoms with Crippen LogP contribution in [0.4, 0.5) is 0 Å². The Morgan fingerprint density at radius 2 is 1.48 bits per heavy atom. The van der Waals surface area contributed by atoms with Crippen molar-refractivity contribution in [3.63, 3.8) is 0 Å². The molecule has 1 radical (unpaired) electrons. The van der Waals surface area contributed by atoms with E-state index in [1.54, 1.807) is 21.3 Å². The van der Waals surface area contributed by atoms with Gasteiger partial charge in [-0.1, -0.05) is 54.6 Å². The number of ether oxygens (including phenoxy) is 3. The Bertz CT molecular complexity index is 935. The van der Waals surface area contributed by atoms with Gasteiger partial charge in [-0.2, -0.15) is 0 Å². The number of benzene rings is 3. The molecule has 0 fully saturated rings. The van der Waals surface area contributed by atoms with Gasteiger partial charge in [0.25, 0.3) is 0 Å². The summed E-state index contributed by atoms with van der Waals surface area (Å²) in [5, 5.41) is 9.79. The molecule has 4 nitrogen and oxygen atoms in total. The molecule has 0 aliphatic heterocycles. The van der Waals surface area contributed by atoms with Gasteiger partial charge in [0.15, 0.2) is 11.5 Å². The zero-order chi connectivity index (χ0) is 20.6. The van der Waals surface area contributed by atoms with Gasteiger partial charge in [0.1, 0.15) is 5.75 Å². The summed E-state index contributed by atoms with van der Waals surface area (Å²) < 4.78 is 17.2. The van der Waals surface area contributed by atoms with Crippen LogP contribution in [-0.4, -0.2) is 26.4 Å². The quantitative estimate of drug-likeness (QED) is 0.567. The highest BCUT2D eigenvalue weighted by Gasteiger charge is 2.23. The number of aliphatic hydroxyl groups excluding tert-OH is 1. The first-order valence-corrected chi connectivity index (χ1v) is 9.70. The monoisotopic (exact) mass is 391 g/mol. The van der Waals surface area contributed by atoms with Crippen molar-refractivity contribution in [2.75, 3.05) is 21.3 Å². The summed E-state index contributed by atoms with van der Waals surface area (Å²) in [5.74, 6) is 1.83. The third-order valence-electron chi connectivity index (χ3n) is 5.00. The molecule has 0 amide bonds. The number of aliphatic hydroxyl groups is 1. The van der Waals surface area contributed by atoms with Crippen molar-refractivity contribution >= 4 is 0 Å². The zero-order valence-corrected chi connectivity index (χ0v) is 17.2. The summed E-state index contributed by atoms with van der Waals surface area (Å²) in [6.45, 7) is -0.0797. The van der Waals surface area contributed by atoms with Crippen LogP contribution in [-0.2, 0) is 19.4 Å². The Kier molecular flexibility index (Phi) is 7.14. The van der Waals surface area contributed by atoms with Gasteiger partial charge in [-0.05, 0) is 36.0 Å². The molecule has 3 rings (SSSR count). The number of methoxy groups -OCH3 is 3. The molecule has 3 aromatic rings. The van der Waals surface area contributed by atoms with Crippen LogP contribution >= 0.6 is 0 Å². The molecule has 0 heterocycles. The van der Waals surface area contributed by atoms with Crippen molar-refractivity contribution in [2.45, 2.75) is 25.9 Å². The molecule has 0 atom stereocenters. The van der Waals surface area contributed by atoms with E-state index in [4.69, 9.17) is 14.2 Å². The predicted octanol–water partition coefficient (Wildman–Crippen LogP) is 4.85. The predicted molar refractivity (Wildman–Crippen MR) is 115 cm³/mol. The topological polar surface area (TPSA) is 47.9 Å². The second-order valence-electron chi connectivity index (χ2n) is 6.73. The Labute approximate surface area is 172 Å². The molecule has 0 spiro atoms. The molecule has 0 saturated carbocycles. The van der Waals surface area contributed by atoms with E-state index in [0.29, 0.717) is 17.2 Å². The first-order chi connectivity index (χ1) is 14.2. The van der Waals surface area contributed by atoms with Gasteiger partial charge in [0, 0.05) is 11.6 Å². The lowest BCUT2D eigenvalue weighted by atomic mass is 9.94. The van der Waals surface area contributed by atoms with Crippen LogP contribution in [0.5, 0.6) is 17.2 Å². The lowest BCUT2D eigenvalue weighted by molar-refractivity contribution is 0.282. The summed E-state index contributed by atoms with van der Waals surface area (Å²) in [7, 11) is 4.88. The van der Waals surface area contributed by atoms with E-state index in [1.807, 2.05) is 30.3 Å². The third kappa shape index (κ3) is 4.54. The van der Waals surface area contributed by atoms with E-state index in [0.717, 1.165) is 41.5 Å². The molecule has 0 aliphatic carbocycles. The maximum Gasteiger partial charge on any atom is 0.172 e. The Morgan fingerprint density at radius 3 is 2.14 bits per heavy atom. The highest BCUT2D eigenvalue weighted by molar-refractivity contribution is 5.82. The van der Waals surface area contributed by atoms with Gasteiger partial charge >= 0.3 is 0 Å². The maximum atomic E-state index is 9.79. The fraction of sp³-hybridized carbons (Fsp3) is 0.280. The second kappa shape index (κ2) is 9.99. The van der Waals surface area contributed by atoms with Crippen LogP contribution in [0.15, 0.2) is 54.6 Å². The highest BCUT2D eigenvalue weighted by atomic mass is 16.5. The fourth-order valence-electron chi connectivity index (χ4n) is 3.61. The standard InChI is InChI=1S/C25H27O4/c1-27-22-16-19(14-9-12-18-10-5-4-6-11-18)24(28-2)25(29-3)23(22)21-15-8-7-13-20(21)17-26/h4-8,10-11,13,15,26H,9,12,14,17H2,1-3H3. The average Bonchev–Trinajstić information content (AvgIpc) is 2.78. The van der Waals surface area contributed by atoms with Crippen molar-refractivity contribution in [3.8, 4) is 28.4 Å². The van der Waals surface area contributed by atoms with Crippen molar-refractivity contribution < 1.29 is 19.3 Å². The van der Waals surface area contributed by atoms with Crippen molar-refractivity contribution in [1.29, 1.82) is 0 Å². The molecule has 29 heavy (non-hydrogen) atoms. The van der Waals surface area contributed by atoms with E-state index >= 15 is 0 Å². The van der Waals surface area contributed by atoms with E-state index < -0.39 is 0 Å². The van der Waals surface area contributed by atoms with E-state index in [-0.39, 0.29) is 6.61 Å².